The topological polar surface area (TPSA) is 0 Å². The summed E-state index contributed by atoms with van der Waals surface area (Å²) in [5.74, 6) is 0. The second-order valence-corrected chi connectivity index (χ2v) is 21.5. The Balaban J connectivity index is 0. The molecule has 82 valence electrons. The third-order valence-electron chi connectivity index (χ3n) is 0.769. The van der Waals surface area contributed by atoms with Gasteiger partial charge in [-0.05, 0) is 6.92 Å². The maximum atomic E-state index is 5.81. The van der Waals surface area contributed by atoms with Gasteiger partial charge in [-0.15, -0.1) is 44.8 Å². The highest BCUT2D eigenvalue weighted by Crippen LogP contribution is 2.27. The molecular formula is C5H12BrCl5Si2. The largest absolute Gasteiger partial charge is 0.358 e. The van der Waals surface area contributed by atoms with Crippen molar-refractivity contribution in [1.82, 2.24) is 0 Å². The van der Waals surface area contributed by atoms with Crippen LogP contribution < -0.4 is 0 Å². The van der Waals surface area contributed by atoms with E-state index in [9.17, 15) is 0 Å². The molecule has 0 rings (SSSR count). The Labute approximate surface area is 114 Å². The summed E-state index contributed by atoms with van der Waals surface area (Å²) in [4.78, 5) is 0.988. The van der Waals surface area contributed by atoms with Crippen LogP contribution in [0.2, 0.25) is 13.1 Å². The molecule has 0 aliphatic heterocycles. The van der Waals surface area contributed by atoms with Gasteiger partial charge in [0, 0.05) is 4.95 Å². The zero-order valence-electron chi connectivity index (χ0n) is 7.55. The molecule has 0 aromatic rings. The second-order valence-electron chi connectivity index (χ2n) is 3.01. The molecule has 13 heavy (non-hydrogen) atoms. The molecule has 8 heteroatoms. The van der Waals surface area contributed by atoms with E-state index in [1.165, 1.54) is 0 Å². The van der Waals surface area contributed by atoms with Crippen LogP contribution in [0.25, 0.3) is 0 Å². The van der Waals surface area contributed by atoms with Crippen molar-refractivity contribution in [2.45, 2.75) is 25.0 Å². The van der Waals surface area contributed by atoms with Gasteiger partial charge >= 0.3 is 6.00 Å². The summed E-state index contributed by atoms with van der Waals surface area (Å²) in [5, 5.41) is -0.294. The highest BCUT2D eigenvalue weighted by Gasteiger charge is 2.31. The molecule has 0 aliphatic rings. The predicted octanol–water partition coefficient (Wildman–Crippen LogP) is 5.17. The van der Waals surface area contributed by atoms with Gasteiger partial charge in [0.25, 0.3) is 0 Å². The molecule has 0 bridgehead atoms. The number of hydrogen-bond donors (Lipinski definition) is 0. The van der Waals surface area contributed by atoms with Crippen LogP contribution in [0.4, 0.5) is 0 Å². The Morgan fingerprint density at radius 1 is 1.15 bits per heavy atom. The smallest absolute Gasteiger partial charge is 0.167 e. The van der Waals surface area contributed by atoms with Crippen LogP contribution in [0.15, 0.2) is 0 Å². The summed E-state index contributed by atoms with van der Waals surface area (Å²) in [6, 6.07) is -2.55. The summed E-state index contributed by atoms with van der Waals surface area (Å²) < 4.78 is 0. The molecule has 0 spiro atoms. The summed E-state index contributed by atoms with van der Waals surface area (Å²) in [6.07, 6.45) is 0. The average molecular weight is 385 g/mol. The minimum Gasteiger partial charge on any atom is -0.167 e. The van der Waals surface area contributed by atoms with Crippen LogP contribution in [0.1, 0.15) is 6.92 Å². The van der Waals surface area contributed by atoms with Crippen molar-refractivity contribution in [3.8, 4) is 0 Å². The minimum absolute atomic E-state index is 0.294. The molecule has 0 aromatic carbocycles. The Kier molecular flexibility index (Phi) is 10.4. The molecule has 0 N–H and O–H groups in total. The van der Waals surface area contributed by atoms with E-state index in [1.54, 1.807) is 6.92 Å². The molecule has 0 aromatic heterocycles. The Bertz CT molecular complexity index is 130. The Morgan fingerprint density at radius 3 is 1.31 bits per heavy atom. The summed E-state index contributed by atoms with van der Waals surface area (Å²) in [5.41, 5.74) is 0. The summed E-state index contributed by atoms with van der Waals surface area (Å²) in [7, 11) is -1.24. The van der Waals surface area contributed by atoms with E-state index in [2.05, 4.69) is 29.0 Å². The van der Waals surface area contributed by atoms with Gasteiger partial charge in [0.1, 0.15) is 0 Å². The first-order chi connectivity index (χ1) is 5.50. The van der Waals surface area contributed by atoms with E-state index in [-0.39, 0.29) is 5.00 Å². The Hall–Kier alpha value is 2.36. The number of hydrogen-bond acceptors (Lipinski definition) is 0. The van der Waals surface area contributed by atoms with Crippen molar-refractivity contribution in [1.29, 1.82) is 0 Å². The molecule has 0 amide bonds. The van der Waals surface area contributed by atoms with Crippen LogP contribution >= 0.6 is 71.8 Å². The molecule has 0 aliphatic carbocycles. The van der Waals surface area contributed by atoms with E-state index in [0.717, 1.165) is 4.95 Å². The fourth-order valence-electron chi connectivity index (χ4n) is 0. The van der Waals surface area contributed by atoms with Crippen LogP contribution in [0.3, 0.4) is 0 Å². The van der Waals surface area contributed by atoms with Gasteiger partial charge in [0.05, 0.1) is 5.00 Å². The lowest BCUT2D eigenvalue weighted by Crippen LogP contribution is -2.22. The zero-order valence-corrected chi connectivity index (χ0v) is 14.9. The summed E-state index contributed by atoms with van der Waals surface area (Å²) in [6.45, 7) is 5.88. The van der Waals surface area contributed by atoms with Gasteiger partial charge in [-0.2, -0.15) is 11.1 Å². The number of alkyl halides is 2. The highest BCUT2D eigenvalue weighted by molar-refractivity contribution is 9.09. The van der Waals surface area contributed by atoms with Crippen molar-refractivity contribution >= 4 is 85.2 Å². The van der Waals surface area contributed by atoms with E-state index in [0.29, 0.717) is 0 Å². The lowest BCUT2D eigenvalue weighted by molar-refractivity contribution is 1.36. The first kappa shape index (κ1) is 17.7. The quantitative estimate of drug-likeness (QED) is 0.349. The van der Waals surface area contributed by atoms with Crippen molar-refractivity contribution < 1.29 is 0 Å². The van der Waals surface area contributed by atoms with Gasteiger partial charge in [-0.25, -0.2) is 0 Å². The molecule has 0 fully saturated rings. The zero-order chi connectivity index (χ0) is 11.3. The van der Waals surface area contributed by atoms with Gasteiger partial charge < -0.3 is 0 Å². The van der Waals surface area contributed by atoms with E-state index in [1.807, 2.05) is 0 Å². The highest BCUT2D eigenvalue weighted by atomic mass is 79.9. The SMILES string of the molecule is CC(Cl)[Si](Cl)(Cl)Cl.C[Si](C)(Cl)CBr. The molecular weight excluding hydrogens is 373 g/mol. The lowest BCUT2D eigenvalue weighted by Gasteiger charge is -2.07. The summed E-state index contributed by atoms with van der Waals surface area (Å²) >= 11 is 30.7. The second kappa shape index (κ2) is 7.61. The monoisotopic (exact) mass is 382 g/mol. The lowest BCUT2D eigenvalue weighted by atomic mass is 11.0. The third-order valence-corrected chi connectivity index (χ3v) is 12.8. The molecule has 0 radical (unpaired) electrons. The van der Waals surface area contributed by atoms with E-state index < -0.39 is 13.4 Å². The minimum atomic E-state index is -2.55. The first-order valence-corrected chi connectivity index (χ1v) is 14.4. The van der Waals surface area contributed by atoms with Crippen LogP contribution in [-0.2, 0) is 0 Å². The molecule has 0 saturated carbocycles. The number of halogens is 6. The fraction of sp³-hybridized carbons (Fsp3) is 1.00. The molecule has 0 saturated heterocycles. The van der Waals surface area contributed by atoms with E-state index >= 15 is 0 Å². The normalized spacial score (nSPS) is 14.5. The van der Waals surface area contributed by atoms with Gasteiger partial charge in [0.2, 0.25) is 0 Å². The average Bonchev–Trinajstić information content (AvgIpc) is 1.85. The molecule has 1 unspecified atom stereocenters. The van der Waals surface area contributed by atoms with Gasteiger partial charge in [-0.1, -0.05) is 29.0 Å². The first-order valence-electron chi connectivity index (χ1n) is 3.46. The number of rotatable bonds is 2. The van der Waals surface area contributed by atoms with Crippen LogP contribution in [0.5, 0.6) is 0 Å². The standard InChI is InChI=1S/C3H8BrClSi.C2H4Cl4Si/c1-6(2,5)3-4;1-2(3)7(4,5)6/h3H2,1-2H3;2H,1H3. The van der Waals surface area contributed by atoms with Crippen molar-refractivity contribution in [3.63, 3.8) is 0 Å². The third kappa shape index (κ3) is 17.0. The van der Waals surface area contributed by atoms with E-state index in [4.69, 9.17) is 55.9 Å². The Morgan fingerprint density at radius 2 is 1.31 bits per heavy atom. The van der Waals surface area contributed by atoms with Gasteiger partial charge in [-0.3, -0.25) is 0 Å². The molecule has 1 atom stereocenters. The fourth-order valence-corrected chi connectivity index (χ4v) is 0. The van der Waals surface area contributed by atoms with Crippen molar-refractivity contribution in [2.75, 3.05) is 4.95 Å². The van der Waals surface area contributed by atoms with Crippen molar-refractivity contribution in [3.05, 3.63) is 0 Å². The van der Waals surface area contributed by atoms with Crippen molar-refractivity contribution in [2.24, 2.45) is 0 Å². The predicted molar refractivity (Wildman–Crippen MR) is 75.8 cm³/mol. The van der Waals surface area contributed by atoms with Crippen LogP contribution in [0, 0.1) is 0 Å². The molecule has 0 heterocycles. The van der Waals surface area contributed by atoms with Crippen LogP contribution in [-0.4, -0.2) is 23.3 Å². The van der Waals surface area contributed by atoms with Gasteiger partial charge in [0.15, 0.2) is 7.38 Å². The maximum absolute atomic E-state index is 5.81. The maximum Gasteiger partial charge on any atom is 0.358 e. The molecule has 0 nitrogen and oxygen atoms in total.